The van der Waals surface area contributed by atoms with Gasteiger partial charge in [0.1, 0.15) is 0 Å². The summed E-state index contributed by atoms with van der Waals surface area (Å²) in [5.74, 6) is 0.0343. The summed E-state index contributed by atoms with van der Waals surface area (Å²) in [6.45, 7) is 4.83. The van der Waals surface area contributed by atoms with E-state index in [1.807, 2.05) is 34.5 Å². The van der Waals surface area contributed by atoms with Gasteiger partial charge in [-0.25, -0.2) is 4.98 Å². The normalized spacial score (nSPS) is 20.7. The van der Waals surface area contributed by atoms with E-state index in [0.717, 1.165) is 23.7 Å². The molecule has 2 aromatic rings. The molecule has 3 rings (SSSR count). The molecule has 2 aromatic heterocycles. The average molecular weight is 319 g/mol. The van der Waals surface area contributed by atoms with Crippen molar-refractivity contribution in [3.63, 3.8) is 0 Å². The predicted octanol–water partition coefficient (Wildman–Crippen LogP) is 2.55. The first-order chi connectivity index (χ1) is 10.5. The lowest BCUT2D eigenvalue weighted by Crippen LogP contribution is -2.46. The minimum absolute atomic E-state index is 0.0343. The molecule has 6 heteroatoms. The van der Waals surface area contributed by atoms with Crippen LogP contribution >= 0.6 is 11.3 Å². The van der Waals surface area contributed by atoms with E-state index in [9.17, 15) is 4.79 Å². The van der Waals surface area contributed by atoms with Crippen molar-refractivity contribution in [2.45, 2.75) is 44.8 Å². The van der Waals surface area contributed by atoms with E-state index in [1.165, 1.54) is 0 Å². The van der Waals surface area contributed by atoms with Gasteiger partial charge < -0.3 is 14.6 Å². The molecule has 0 aliphatic carbocycles. The molecule has 0 aromatic carbocycles. The predicted molar refractivity (Wildman–Crippen MR) is 86.3 cm³/mol. The number of thiazole rings is 1. The first-order valence-corrected chi connectivity index (χ1v) is 8.41. The molecule has 0 radical (unpaired) electrons. The molecular weight excluding hydrogens is 298 g/mol. The molecule has 1 fully saturated rings. The van der Waals surface area contributed by atoms with Gasteiger partial charge in [0.25, 0.3) is 0 Å². The maximum atomic E-state index is 12.2. The molecule has 1 aliphatic heterocycles. The van der Waals surface area contributed by atoms with Crippen LogP contribution in [0.4, 0.5) is 0 Å². The average Bonchev–Trinajstić information content (AvgIpc) is 3.07. The standard InChI is InChI=1S/C16H21N3O2S/c1-16(2)10-12(5-8-21-16)17-14(20)9-13-11-22-15(18-13)19-6-3-4-7-19/h3-4,6-7,11-12H,5,8-10H2,1-2H3,(H,17,20). The van der Waals surface area contributed by atoms with E-state index in [-0.39, 0.29) is 17.6 Å². The van der Waals surface area contributed by atoms with Crippen LogP contribution in [0.5, 0.6) is 0 Å². The Kier molecular flexibility index (Phi) is 4.31. The highest BCUT2D eigenvalue weighted by Gasteiger charge is 2.29. The summed E-state index contributed by atoms with van der Waals surface area (Å²) in [6, 6.07) is 4.11. The fourth-order valence-electron chi connectivity index (χ4n) is 2.76. The SMILES string of the molecule is CC1(C)CC(NC(=O)Cc2csc(-n3cccc3)n2)CCO1. The van der Waals surface area contributed by atoms with E-state index in [4.69, 9.17) is 4.74 Å². The lowest BCUT2D eigenvalue weighted by Gasteiger charge is -2.35. The molecule has 118 valence electrons. The van der Waals surface area contributed by atoms with Gasteiger partial charge in [-0.2, -0.15) is 0 Å². The zero-order valence-corrected chi connectivity index (χ0v) is 13.7. The van der Waals surface area contributed by atoms with Gasteiger partial charge in [-0.3, -0.25) is 4.79 Å². The van der Waals surface area contributed by atoms with Gasteiger partial charge in [0, 0.05) is 30.4 Å². The van der Waals surface area contributed by atoms with Crippen molar-refractivity contribution < 1.29 is 9.53 Å². The number of carbonyl (C=O) groups is 1. The number of aromatic nitrogens is 2. The van der Waals surface area contributed by atoms with E-state index in [2.05, 4.69) is 24.1 Å². The van der Waals surface area contributed by atoms with Gasteiger partial charge in [0.05, 0.1) is 17.7 Å². The second-order valence-corrected chi connectivity index (χ2v) is 7.09. The van der Waals surface area contributed by atoms with Crippen molar-refractivity contribution in [3.8, 4) is 5.13 Å². The van der Waals surface area contributed by atoms with Gasteiger partial charge in [-0.05, 0) is 38.8 Å². The Labute approximate surface area is 134 Å². The summed E-state index contributed by atoms with van der Waals surface area (Å²) in [5.41, 5.74) is 0.663. The largest absolute Gasteiger partial charge is 0.375 e. The van der Waals surface area contributed by atoms with Crippen molar-refractivity contribution in [1.29, 1.82) is 0 Å². The third kappa shape index (κ3) is 3.75. The third-order valence-corrected chi connectivity index (χ3v) is 4.67. The van der Waals surface area contributed by atoms with Crippen molar-refractivity contribution in [2.75, 3.05) is 6.61 Å². The molecule has 0 bridgehead atoms. The lowest BCUT2D eigenvalue weighted by atomic mass is 9.94. The molecule has 1 N–H and O–H groups in total. The van der Waals surface area contributed by atoms with Gasteiger partial charge in [0.15, 0.2) is 5.13 Å². The number of hydrogen-bond acceptors (Lipinski definition) is 4. The summed E-state index contributed by atoms with van der Waals surface area (Å²) in [6.07, 6.45) is 5.96. The van der Waals surface area contributed by atoms with Crippen molar-refractivity contribution in [2.24, 2.45) is 0 Å². The molecule has 22 heavy (non-hydrogen) atoms. The van der Waals surface area contributed by atoms with Crippen LogP contribution in [0.2, 0.25) is 0 Å². The Hall–Kier alpha value is -1.66. The smallest absolute Gasteiger partial charge is 0.226 e. The first kappa shape index (κ1) is 15.2. The second-order valence-electron chi connectivity index (χ2n) is 6.25. The van der Waals surface area contributed by atoms with Crippen LogP contribution in [0.25, 0.3) is 5.13 Å². The Balaban J connectivity index is 1.56. The monoisotopic (exact) mass is 319 g/mol. The van der Waals surface area contributed by atoms with E-state index in [0.29, 0.717) is 13.0 Å². The van der Waals surface area contributed by atoms with E-state index < -0.39 is 0 Å². The minimum atomic E-state index is -0.154. The Bertz CT molecular complexity index is 634. The third-order valence-electron chi connectivity index (χ3n) is 3.77. The zero-order chi connectivity index (χ0) is 15.6. The molecule has 1 saturated heterocycles. The molecule has 1 atom stereocenters. The molecule has 1 amide bonds. The highest BCUT2D eigenvalue weighted by Crippen LogP contribution is 2.24. The summed E-state index contributed by atoms with van der Waals surface area (Å²) in [4.78, 5) is 16.7. The van der Waals surface area contributed by atoms with Crippen LogP contribution in [0, 0.1) is 0 Å². The molecule has 5 nitrogen and oxygen atoms in total. The van der Waals surface area contributed by atoms with Crippen LogP contribution < -0.4 is 5.32 Å². The van der Waals surface area contributed by atoms with E-state index in [1.54, 1.807) is 11.3 Å². The van der Waals surface area contributed by atoms with Crippen molar-refractivity contribution in [1.82, 2.24) is 14.9 Å². The van der Waals surface area contributed by atoms with Crippen LogP contribution in [0.3, 0.4) is 0 Å². The Morgan fingerprint density at radius 1 is 1.50 bits per heavy atom. The van der Waals surface area contributed by atoms with Gasteiger partial charge in [-0.15, -0.1) is 11.3 Å². The molecule has 1 unspecified atom stereocenters. The van der Waals surface area contributed by atoms with Gasteiger partial charge in [0.2, 0.25) is 5.91 Å². The lowest BCUT2D eigenvalue weighted by molar-refractivity contribution is -0.123. The van der Waals surface area contributed by atoms with Crippen LogP contribution in [0.1, 0.15) is 32.4 Å². The first-order valence-electron chi connectivity index (χ1n) is 7.53. The maximum Gasteiger partial charge on any atom is 0.226 e. The highest BCUT2D eigenvalue weighted by molar-refractivity contribution is 7.12. The van der Waals surface area contributed by atoms with Crippen LogP contribution in [0.15, 0.2) is 29.9 Å². The number of nitrogens with zero attached hydrogens (tertiary/aromatic N) is 2. The number of carbonyl (C=O) groups excluding carboxylic acids is 1. The van der Waals surface area contributed by atoms with E-state index >= 15 is 0 Å². The number of rotatable bonds is 4. The fraction of sp³-hybridized carbons (Fsp3) is 0.500. The summed E-state index contributed by atoms with van der Waals surface area (Å²) in [5, 5.41) is 5.94. The Morgan fingerprint density at radius 3 is 3.00 bits per heavy atom. The molecule has 0 spiro atoms. The quantitative estimate of drug-likeness (QED) is 0.942. The van der Waals surface area contributed by atoms with Crippen molar-refractivity contribution in [3.05, 3.63) is 35.6 Å². The second kappa shape index (κ2) is 6.22. The number of hydrogen-bond donors (Lipinski definition) is 1. The summed E-state index contributed by atoms with van der Waals surface area (Å²) in [7, 11) is 0. The van der Waals surface area contributed by atoms with Crippen molar-refractivity contribution >= 4 is 17.2 Å². The maximum absolute atomic E-state index is 12.2. The molecule has 1 aliphatic rings. The summed E-state index contributed by atoms with van der Waals surface area (Å²) < 4.78 is 7.63. The van der Waals surface area contributed by atoms with Crippen LogP contribution in [-0.2, 0) is 16.0 Å². The summed E-state index contributed by atoms with van der Waals surface area (Å²) >= 11 is 1.55. The van der Waals surface area contributed by atoms with Crippen LogP contribution in [-0.4, -0.2) is 33.7 Å². The zero-order valence-electron chi connectivity index (χ0n) is 12.9. The molecular formula is C16H21N3O2S. The Morgan fingerprint density at radius 2 is 2.27 bits per heavy atom. The van der Waals surface area contributed by atoms with Gasteiger partial charge in [-0.1, -0.05) is 0 Å². The number of nitrogens with one attached hydrogen (secondary N) is 1. The number of amides is 1. The fourth-order valence-corrected chi connectivity index (χ4v) is 3.55. The molecule has 0 saturated carbocycles. The topological polar surface area (TPSA) is 56.2 Å². The minimum Gasteiger partial charge on any atom is -0.375 e. The molecule has 3 heterocycles. The highest BCUT2D eigenvalue weighted by atomic mass is 32.1. The number of ether oxygens (including phenoxy) is 1. The van der Waals surface area contributed by atoms with Gasteiger partial charge >= 0.3 is 0 Å².